The van der Waals surface area contributed by atoms with E-state index in [9.17, 15) is 4.79 Å². The van der Waals surface area contributed by atoms with Crippen molar-refractivity contribution in [2.75, 3.05) is 12.3 Å². The number of benzene rings is 2. The largest absolute Gasteiger partial charge is 0.399 e. The van der Waals surface area contributed by atoms with E-state index >= 15 is 0 Å². The van der Waals surface area contributed by atoms with E-state index in [1.165, 1.54) is 5.56 Å². The summed E-state index contributed by atoms with van der Waals surface area (Å²) >= 11 is 0. The molecule has 0 saturated carbocycles. The summed E-state index contributed by atoms with van der Waals surface area (Å²) in [5, 5.41) is 0. The Kier molecular flexibility index (Phi) is 4.96. The molecule has 120 valence electrons. The van der Waals surface area contributed by atoms with Crippen LogP contribution in [0.5, 0.6) is 0 Å². The van der Waals surface area contributed by atoms with Crippen LogP contribution in [0.3, 0.4) is 0 Å². The third kappa shape index (κ3) is 4.13. The van der Waals surface area contributed by atoms with Crippen molar-refractivity contribution in [3.63, 3.8) is 0 Å². The molecule has 2 N–H and O–H groups in total. The molecule has 3 nitrogen and oxygen atoms in total. The highest BCUT2D eigenvalue weighted by Gasteiger charge is 2.28. The van der Waals surface area contributed by atoms with Gasteiger partial charge < -0.3 is 10.6 Å². The van der Waals surface area contributed by atoms with Gasteiger partial charge in [0.05, 0.1) is 6.42 Å². The molecule has 1 fully saturated rings. The molecule has 1 saturated heterocycles. The van der Waals surface area contributed by atoms with Crippen molar-refractivity contribution in [2.45, 2.75) is 38.1 Å². The van der Waals surface area contributed by atoms with Gasteiger partial charge in [-0.05, 0) is 48.9 Å². The molecule has 23 heavy (non-hydrogen) atoms. The molecule has 0 radical (unpaired) electrons. The first-order valence-electron chi connectivity index (χ1n) is 8.40. The number of carbonyl (C=O) groups excluding carboxylic acids is 1. The van der Waals surface area contributed by atoms with Gasteiger partial charge in [-0.2, -0.15) is 0 Å². The van der Waals surface area contributed by atoms with E-state index in [1.807, 2.05) is 30.3 Å². The molecule has 3 heteroatoms. The minimum atomic E-state index is 0.241. The van der Waals surface area contributed by atoms with Crippen molar-refractivity contribution in [1.82, 2.24) is 4.90 Å². The van der Waals surface area contributed by atoms with E-state index in [0.717, 1.165) is 43.5 Å². The van der Waals surface area contributed by atoms with Crippen molar-refractivity contribution < 1.29 is 4.79 Å². The average Bonchev–Trinajstić information content (AvgIpc) is 3.05. The fourth-order valence-corrected chi connectivity index (χ4v) is 3.35. The molecule has 1 aliphatic rings. The highest BCUT2D eigenvalue weighted by Crippen LogP contribution is 2.23. The second-order valence-corrected chi connectivity index (χ2v) is 6.33. The van der Waals surface area contributed by atoms with Crippen molar-refractivity contribution >= 4 is 11.6 Å². The number of likely N-dealkylation sites (tertiary alicyclic amines) is 1. The zero-order chi connectivity index (χ0) is 16.1. The Labute approximate surface area is 138 Å². The lowest BCUT2D eigenvalue weighted by molar-refractivity contribution is -0.131. The molecular formula is C20H24N2O. The van der Waals surface area contributed by atoms with Crippen LogP contribution in [0.1, 0.15) is 30.4 Å². The number of aryl methyl sites for hydroxylation is 1. The van der Waals surface area contributed by atoms with Crippen LogP contribution in [0.25, 0.3) is 0 Å². The minimum absolute atomic E-state index is 0.241. The minimum Gasteiger partial charge on any atom is -0.399 e. The Hall–Kier alpha value is -2.29. The van der Waals surface area contributed by atoms with Gasteiger partial charge in [0.15, 0.2) is 0 Å². The molecule has 1 amide bonds. The van der Waals surface area contributed by atoms with Gasteiger partial charge in [0.1, 0.15) is 0 Å². The number of rotatable bonds is 5. The Balaban J connectivity index is 1.57. The number of nitrogens with two attached hydrogens (primary N) is 1. The van der Waals surface area contributed by atoms with E-state index < -0.39 is 0 Å². The van der Waals surface area contributed by atoms with Crippen molar-refractivity contribution in [3.8, 4) is 0 Å². The second-order valence-electron chi connectivity index (χ2n) is 6.33. The zero-order valence-corrected chi connectivity index (χ0v) is 13.4. The maximum atomic E-state index is 12.6. The SMILES string of the molecule is Nc1ccc(CC(=O)N2CCCC2CCc2ccccc2)cc1. The van der Waals surface area contributed by atoms with Gasteiger partial charge in [-0.15, -0.1) is 0 Å². The Bertz CT molecular complexity index is 636. The Morgan fingerprint density at radius 3 is 2.52 bits per heavy atom. The Morgan fingerprint density at radius 2 is 1.78 bits per heavy atom. The van der Waals surface area contributed by atoms with Crippen LogP contribution < -0.4 is 5.73 Å². The van der Waals surface area contributed by atoms with Crippen LogP contribution in [0.15, 0.2) is 54.6 Å². The first kappa shape index (κ1) is 15.6. The summed E-state index contributed by atoms with van der Waals surface area (Å²) in [5.41, 5.74) is 8.83. The lowest BCUT2D eigenvalue weighted by Crippen LogP contribution is -2.36. The van der Waals surface area contributed by atoms with E-state index in [0.29, 0.717) is 12.5 Å². The number of anilines is 1. The van der Waals surface area contributed by atoms with Gasteiger partial charge in [0.2, 0.25) is 5.91 Å². The van der Waals surface area contributed by atoms with Gasteiger partial charge >= 0.3 is 0 Å². The molecule has 1 aliphatic heterocycles. The van der Waals surface area contributed by atoms with Crippen LogP contribution in [0.2, 0.25) is 0 Å². The second kappa shape index (κ2) is 7.32. The zero-order valence-electron chi connectivity index (χ0n) is 13.4. The summed E-state index contributed by atoms with van der Waals surface area (Å²) in [6.45, 7) is 0.896. The number of nitrogen functional groups attached to an aromatic ring is 1. The summed E-state index contributed by atoms with van der Waals surface area (Å²) in [6.07, 6.45) is 4.81. The normalized spacial score (nSPS) is 17.4. The number of hydrogen-bond donors (Lipinski definition) is 1. The summed E-state index contributed by atoms with van der Waals surface area (Å²) < 4.78 is 0. The highest BCUT2D eigenvalue weighted by atomic mass is 16.2. The molecule has 3 rings (SSSR count). The van der Waals surface area contributed by atoms with Gasteiger partial charge in [0.25, 0.3) is 0 Å². The first-order chi connectivity index (χ1) is 11.2. The summed E-state index contributed by atoms with van der Waals surface area (Å²) in [5.74, 6) is 0.241. The third-order valence-electron chi connectivity index (χ3n) is 4.64. The highest BCUT2D eigenvalue weighted by molar-refractivity contribution is 5.79. The fourth-order valence-electron chi connectivity index (χ4n) is 3.35. The third-order valence-corrected chi connectivity index (χ3v) is 4.64. The lowest BCUT2D eigenvalue weighted by Gasteiger charge is -2.25. The van der Waals surface area contributed by atoms with Crippen LogP contribution in [0, 0.1) is 0 Å². The van der Waals surface area contributed by atoms with Gasteiger partial charge in [0, 0.05) is 18.3 Å². The smallest absolute Gasteiger partial charge is 0.227 e. The maximum Gasteiger partial charge on any atom is 0.227 e. The summed E-state index contributed by atoms with van der Waals surface area (Å²) in [4.78, 5) is 14.7. The van der Waals surface area contributed by atoms with E-state index in [-0.39, 0.29) is 5.91 Å². The van der Waals surface area contributed by atoms with Crippen LogP contribution >= 0.6 is 0 Å². The molecular weight excluding hydrogens is 284 g/mol. The molecule has 2 aromatic rings. The van der Waals surface area contributed by atoms with Crippen LogP contribution in [-0.4, -0.2) is 23.4 Å². The molecule has 0 spiro atoms. The van der Waals surface area contributed by atoms with E-state index in [2.05, 4.69) is 29.2 Å². The number of nitrogens with zero attached hydrogens (tertiary/aromatic N) is 1. The standard InChI is InChI=1S/C20H24N2O/c21-18-11-8-17(9-12-18)15-20(23)22-14-4-7-19(22)13-10-16-5-2-1-3-6-16/h1-3,5-6,8-9,11-12,19H,4,7,10,13-15,21H2. The van der Waals surface area contributed by atoms with Crippen LogP contribution in [0.4, 0.5) is 5.69 Å². The Morgan fingerprint density at radius 1 is 1.04 bits per heavy atom. The first-order valence-corrected chi connectivity index (χ1v) is 8.40. The molecule has 0 aliphatic carbocycles. The predicted octanol–water partition coefficient (Wildman–Crippen LogP) is 3.44. The van der Waals surface area contributed by atoms with Crippen LogP contribution in [-0.2, 0) is 17.6 Å². The molecule has 0 aromatic heterocycles. The number of hydrogen-bond acceptors (Lipinski definition) is 2. The summed E-state index contributed by atoms with van der Waals surface area (Å²) in [6, 6.07) is 18.5. The molecule has 1 heterocycles. The maximum absolute atomic E-state index is 12.6. The van der Waals surface area contributed by atoms with Gasteiger partial charge in [-0.3, -0.25) is 4.79 Å². The van der Waals surface area contributed by atoms with E-state index in [4.69, 9.17) is 5.73 Å². The molecule has 1 atom stereocenters. The predicted molar refractivity (Wildman–Crippen MR) is 94.1 cm³/mol. The summed E-state index contributed by atoms with van der Waals surface area (Å²) in [7, 11) is 0. The number of carbonyl (C=O) groups is 1. The monoisotopic (exact) mass is 308 g/mol. The van der Waals surface area contributed by atoms with Crippen molar-refractivity contribution in [2.24, 2.45) is 0 Å². The topological polar surface area (TPSA) is 46.3 Å². The fraction of sp³-hybridized carbons (Fsp3) is 0.350. The van der Waals surface area contributed by atoms with E-state index in [1.54, 1.807) is 0 Å². The van der Waals surface area contributed by atoms with Crippen molar-refractivity contribution in [1.29, 1.82) is 0 Å². The van der Waals surface area contributed by atoms with Gasteiger partial charge in [-0.1, -0.05) is 42.5 Å². The molecule has 0 bridgehead atoms. The van der Waals surface area contributed by atoms with Crippen molar-refractivity contribution in [3.05, 3.63) is 65.7 Å². The molecule has 1 unspecified atom stereocenters. The van der Waals surface area contributed by atoms with Gasteiger partial charge in [-0.25, -0.2) is 0 Å². The lowest BCUT2D eigenvalue weighted by atomic mass is 10.0. The molecule has 2 aromatic carbocycles. The number of amides is 1. The quantitative estimate of drug-likeness (QED) is 0.860. The average molecular weight is 308 g/mol.